The van der Waals surface area contributed by atoms with Gasteiger partial charge in [-0.25, -0.2) is 14.8 Å². The first kappa shape index (κ1) is 36.5. The van der Waals surface area contributed by atoms with Crippen LogP contribution in [0, 0.1) is 0 Å². The summed E-state index contributed by atoms with van der Waals surface area (Å²) in [6, 6.07) is 5.18. The maximum absolute atomic E-state index is 12.7. The number of nitrogens with one attached hydrogen (secondary N) is 3. The molecule has 3 rings (SSSR count). The molecule has 2 heterocycles. The molecule has 46 heavy (non-hydrogen) atoms. The van der Waals surface area contributed by atoms with Crippen LogP contribution in [0.3, 0.4) is 0 Å². The summed E-state index contributed by atoms with van der Waals surface area (Å²) >= 11 is 0. The first-order valence-electron chi connectivity index (χ1n) is 15.3. The monoisotopic (exact) mass is 671 g/mol. The van der Waals surface area contributed by atoms with Gasteiger partial charge in [0.15, 0.2) is 11.2 Å². The van der Waals surface area contributed by atoms with E-state index in [1.54, 1.807) is 35.1 Å². The number of H-pyrrole nitrogens is 1. The van der Waals surface area contributed by atoms with Crippen LogP contribution in [0.25, 0.3) is 11.2 Å². The van der Waals surface area contributed by atoms with Crippen molar-refractivity contribution < 1.29 is 24.3 Å². The zero-order chi connectivity index (χ0) is 33.3. The summed E-state index contributed by atoms with van der Waals surface area (Å²) in [5.74, 6) is 0.300. The molecule has 1 aromatic carbocycles. The minimum Gasteiger partial charge on any atom is -0.480 e. The molecule has 0 spiro atoms. The second-order valence-corrected chi connectivity index (χ2v) is 13.4. The van der Waals surface area contributed by atoms with Crippen LogP contribution < -0.4 is 21.9 Å². The molecule has 3 aromatic rings. The highest BCUT2D eigenvalue weighted by Crippen LogP contribution is 2.23. The Bertz CT molecular complexity index is 1530. The number of fused-ring (bicyclic) bond motifs is 1. The van der Waals surface area contributed by atoms with Crippen molar-refractivity contribution >= 4 is 67.8 Å². The van der Waals surface area contributed by atoms with E-state index < -0.39 is 23.5 Å². The Morgan fingerprint density at radius 2 is 1.63 bits per heavy atom. The lowest BCUT2D eigenvalue weighted by atomic mass is 10.0. The first-order chi connectivity index (χ1) is 22.2. The fourth-order valence-corrected chi connectivity index (χ4v) is 6.60. The maximum atomic E-state index is 12.7. The number of anilines is 2. The number of hydrogen-bond acceptors (Lipinski definition) is 12. The average molecular weight is 672 g/mol. The van der Waals surface area contributed by atoms with Crippen molar-refractivity contribution in [1.29, 1.82) is 0 Å². The molecule has 248 valence electrons. The normalized spacial score (nSPS) is 11.7. The van der Waals surface area contributed by atoms with Gasteiger partial charge in [0.1, 0.15) is 17.6 Å². The lowest BCUT2D eigenvalue weighted by molar-refractivity contribution is -0.139. The third-order valence-corrected chi connectivity index (χ3v) is 9.45. The minimum atomic E-state index is -1.21. The van der Waals surface area contributed by atoms with Gasteiger partial charge in [-0.15, -0.1) is 0 Å². The Balaban J connectivity index is 1.35. The fraction of sp³-hybridized carbons (Fsp3) is 0.484. The molecule has 13 nitrogen and oxygen atoms in total. The molecule has 6 N–H and O–H groups in total. The summed E-state index contributed by atoms with van der Waals surface area (Å²) in [6.45, 7) is 2.40. The van der Waals surface area contributed by atoms with Gasteiger partial charge in [-0.2, -0.15) is 4.98 Å². The Hall–Kier alpha value is -3.98. The van der Waals surface area contributed by atoms with Gasteiger partial charge in [-0.1, -0.05) is 41.4 Å². The molecule has 0 aliphatic rings. The molecule has 0 radical (unpaired) electrons. The van der Waals surface area contributed by atoms with Crippen molar-refractivity contribution in [1.82, 2.24) is 25.3 Å². The molecule has 1 atom stereocenters. The highest BCUT2D eigenvalue weighted by atomic mass is 33.1. The van der Waals surface area contributed by atoms with Gasteiger partial charge < -0.3 is 21.5 Å². The van der Waals surface area contributed by atoms with Crippen LogP contribution in [0.2, 0.25) is 0 Å². The number of ketones is 2. The molecule has 0 aliphatic carbocycles. The lowest BCUT2D eigenvalue weighted by Crippen LogP contribution is -2.41. The van der Waals surface area contributed by atoms with Crippen molar-refractivity contribution in [2.75, 3.05) is 22.6 Å². The molecule has 15 heteroatoms. The SMILES string of the molecule is CCCCSSCCC(=O)CCCCCC(=O)CCC(NC(=O)c1ccc(NCc2cnc3nc(N)[nH]c(=O)c3n2)cc1)C(=O)O. The van der Waals surface area contributed by atoms with Crippen LogP contribution in [0.5, 0.6) is 0 Å². The van der Waals surface area contributed by atoms with E-state index in [4.69, 9.17) is 5.73 Å². The van der Waals surface area contributed by atoms with E-state index in [9.17, 15) is 29.1 Å². The number of hydrogen-bond donors (Lipinski definition) is 5. The summed E-state index contributed by atoms with van der Waals surface area (Å²) in [5.41, 5.74) is 6.63. The molecule has 0 aliphatic heterocycles. The Morgan fingerprint density at radius 1 is 0.935 bits per heavy atom. The predicted molar refractivity (Wildman–Crippen MR) is 182 cm³/mol. The average Bonchev–Trinajstić information content (AvgIpc) is 3.03. The highest BCUT2D eigenvalue weighted by molar-refractivity contribution is 8.76. The molecule has 1 amide bonds. The number of unbranched alkanes of at least 4 members (excludes halogenated alkanes) is 3. The Labute approximate surface area is 275 Å². The number of carbonyl (C=O) groups excluding carboxylic acids is 3. The maximum Gasteiger partial charge on any atom is 0.326 e. The number of nitrogen functional groups attached to an aromatic ring is 1. The summed E-state index contributed by atoms with van der Waals surface area (Å²) < 4.78 is 0. The van der Waals surface area contributed by atoms with Crippen molar-refractivity contribution in [2.45, 2.75) is 83.7 Å². The van der Waals surface area contributed by atoms with Crippen LogP contribution in [0.15, 0.2) is 35.3 Å². The summed E-state index contributed by atoms with van der Waals surface area (Å²) in [4.78, 5) is 75.6. The first-order valence-corrected chi connectivity index (χ1v) is 17.8. The molecule has 2 aromatic heterocycles. The number of carbonyl (C=O) groups is 4. The molecule has 0 saturated heterocycles. The van der Waals surface area contributed by atoms with Gasteiger partial charge in [0.2, 0.25) is 5.95 Å². The van der Waals surface area contributed by atoms with E-state index >= 15 is 0 Å². The lowest BCUT2D eigenvalue weighted by Gasteiger charge is -2.14. The number of Topliss-reactive ketones (excluding diaryl/α,β-unsaturated/α-hetero) is 2. The van der Waals surface area contributed by atoms with Crippen molar-refractivity contribution in [3.05, 3.63) is 52.1 Å². The minimum absolute atomic E-state index is 0.0102. The van der Waals surface area contributed by atoms with Gasteiger partial charge in [0.05, 0.1) is 18.4 Å². The number of rotatable bonds is 22. The Kier molecular flexibility index (Phi) is 15.5. The summed E-state index contributed by atoms with van der Waals surface area (Å²) in [6.07, 6.45) is 7.45. The van der Waals surface area contributed by atoms with Crippen molar-refractivity contribution in [2.24, 2.45) is 0 Å². The number of aromatic nitrogens is 4. The van der Waals surface area contributed by atoms with Crippen LogP contribution in [0.4, 0.5) is 11.6 Å². The van der Waals surface area contributed by atoms with Crippen LogP contribution in [-0.4, -0.2) is 66.0 Å². The second kappa shape index (κ2) is 19.5. The number of aliphatic carboxylic acids is 1. The van der Waals surface area contributed by atoms with E-state index in [0.717, 1.165) is 24.3 Å². The number of nitrogens with two attached hydrogens (primary N) is 1. The van der Waals surface area contributed by atoms with Gasteiger partial charge in [-0.05, 0) is 49.9 Å². The number of aromatic amines is 1. The smallest absolute Gasteiger partial charge is 0.326 e. The molecule has 0 bridgehead atoms. The topological polar surface area (TPSA) is 210 Å². The van der Waals surface area contributed by atoms with Crippen LogP contribution in [-0.2, 0) is 20.9 Å². The number of carboxylic acids is 1. The van der Waals surface area contributed by atoms with Gasteiger partial charge in [-0.3, -0.25) is 24.2 Å². The third kappa shape index (κ3) is 12.8. The third-order valence-electron chi connectivity index (χ3n) is 6.96. The Morgan fingerprint density at radius 3 is 2.33 bits per heavy atom. The molecule has 1 unspecified atom stereocenters. The van der Waals surface area contributed by atoms with Gasteiger partial charge in [0.25, 0.3) is 11.5 Å². The van der Waals surface area contributed by atoms with Crippen molar-refractivity contribution in [3.8, 4) is 0 Å². The van der Waals surface area contributed by atoms with Crippen LogP contribution >= 0.6 is 21.6 Å². The largest absolute Gasteiger partial charge is 0.480 e. The second-order valence-electron chi connectivity index (χ2n) is 10.7. The standard InChI is InChI=1S/C31H41N7O6S2/c1-2-3-16-45-46-17-15-24(40)8-6-4-5-7-23(39)13-14-25(30(43)44)36-28(41)20-9-11-21(12-10-20)33-18-22-19-34-27-26(35-22)29(42)38-31(32)37-27/h9-12,19,25,33H,2-8,13-18H2,1H3,(H,36,41)(H,43,44)(H3,32,34,37,38,42). The molecule has 0 fully saturated rings. The van der Waals surface area contributed by atoms with E-state index in [1.807, 2.05) is 10.8 Å². The number of amides is 1. The zero-order valence-electron chi connectivity index (χ0n) is 25.9. The van der Waals surface area contributed by atoms with E-state index in [2.05, 4.69) is 37.5 Å². The van der Waals surface area contributed by atoms with E-state index in [-0.39, 0.29) is 53.6 Å². The molecular formula is C31H41N7O6S2. The zero-order valence-corrected chi connectivity index (χ0v) is 27.5. The number of benzene rings is 1. The van der Waals surface area contributed by atoms with Crippen LogP contribution in [0.1, 0.15) is 87.2 Å². The fourth-order valence-electron chi connectivity index (χ4n) is 4.34. The summed E-state index contributed by atoms with van der Waals surface area (Å²) in [7, 11) is 3.57. The van der Waals surface area contributed by atoms with E-state index in [1.165, 1.54) is 19.0 Å². The van der Waals surface area contributed by atoms with Crippen molar-refractivity contribution in [3.63, 3.8) is 0 Å². The molecule has 0 saturated carbocycles. The summed E-state index contributed by atoms with van der Waals surface area (Å²) in [5, 5.41) is 15.2. The molecular weight excluding hydrogens is 631 g/mol. The number of carboxylic acid groups (broad SMARTS) is 1. The number of nitrogens with zero attached hydrogens (tertiary/aromatic N) is 3. The van der Waals surface area contributed by atoms with Gasteiger partial charge >= 0.3 is 5.97 Å². The predicted octanol–water partition coefficient (Wildman–Crippen LogP) is 4.53. The highest BCUT2D eigenvalue weighted by Gasteiger charge is 2.21. The van der Waals surface area contributed by atoms with Gasteiger partial charge in [0, 0.05) is 48.4 Å². The van der Waals surface area contributed by atoms with E-state index in [0.29, 0.717) is 37.1 Å². The quantitative estimate of drug-likeness (QED) is 0.0735.